The number of amides is 2. The van der Waals surface area contributed by atoms with Crippen LogP contribution in [0.1, 0.15) is 53.9 Å². The fraction of sp³-hybridized carbons (Fsp3) is 0.889. The van der Waals surface area contributed by atoms with Crippen LogP contribution in [0.2, 0.25) is 0 Å². The van der Waals surface area contributed by atoms with Crippen LogP contribution in [0.25, 0.3) is 0 Å². The number of thiol groups is 1. The van der Waals surface area contributed by atoms with Gasteiger partial charge in [-0.25, -0.2) is 4.79 Å². The highest BCUT2D eigenvalue weighted by Crippen LogP contribution is 2.23. The van der Waals surface area contributed by atoms with E-state index < -0.39 is 12.1 Å². The molecule has 1 saturated heterocycles. The molecule has 1 aliphatic rings. The first kappa shape index (κ1) is 22.1. The average Bonchev–Trinajstić information content (AvgIpc) is 2.58. The first-order chi connectivity index (χ1) is 11.7. The zero-order valence-electron chi connectivity index (χ0n) is 16.3. The lowest BCUT2D eigenvalue weighted by molar-refractivity contribution is -0.123. The number of carbonyl (C=O) groups excluding carboxylic acids is 2. The van der Waals surface area contributed by atoms with Gasteiger partial charge in [0.15, 0.2) is 0 Å². The molecule has 25 heavy (non-hydrogen) atoms. The van der Waals surface area contributed by atoms with Crippen LogP contribution in [-0.4, -0.2) is 60.0 Å². The number of hydrogen-bond acceptors (Lipinski definition) is 5. The summed E-state index contributed by atoms with van der Waals surface area (Å²) in [6.07, 6.45) is 2.38. The molecule has 2 N–H and O–H groups in total. The summed E-state index contributed by atoms with van der Waals surface area (Å²) in [6, 6.07) is -0.527. The normalized spacial score (nSPS) is 18.0. The molecule has 0 aromatic carbocycles. The summed E-state index contributed by atoms with van der Waals surface area (Å²) in [7, 11) is 0. The maximum atomic E-state index is 12.4. The molecule has 1 heterocycles. The van der Waals surface area contributed by atoms with E-state index in [0.29, 0.717) is 6.61 Å². The Balaban J connectivity index is 2.43. The minimum absolute atomic E-state index is 0.146. The molecule has 1 aliphatic heterocycles. The molecule has 0 radical (unpaired) electrons. The summed E-state index contributed by atoms with van der Waals surface area (Å²) in [5, 5.41) is 5.64. The van der Waals surface area contributed by atoms with Gasteiger partial charge in [0.1, 0.15) is 6.04 Å². The van der Waals surface area contributed by atoms with Gasteiger partial charge in [-0.1, -0.05) is 20.8 Å². The SMILES string of the molecule is CCC(C)(C)N1CCC(NC(=O)[C@H](CS)NC(=O)OCC(C)C)CC1. The van der Waals surface area contributed by atoms with E-state index in [-0.39, 0.29) is 29.2 Å². The Morgan fingerprint density at radius 3 is 2.36 bits per heavy atom. The highest BCUT2D eigenvalue weighted by molar-refractivity contribution is 7.80. The molecule has 1 atom stereocenters. The van der Waals surface area contributed by atoms with Gasteiger partial charge in [0.2, 0.25) is 5.91 Å². The lowest BCUT2D eigenvalue weighted by Crippen LogP contribution is -2.55. The molecule has 0 aromatic rings. The van der Waals surface area contributed by atoms with E-state index in [9.17, 15) is 9.59 Å². The summed E-state index contributed by atoms with van der Waals surface area (Å²) < 4.78 is 5.07. The second kappa shape index (κ2) is 10.3. The van der Waals surface area contributed by atoms with Gasteiger partial charge in [-0.15, -0.1) is 0 Å². The monoisotopic (exact) mass is 373 g/mol. The standard InChI is InChI=1S/C18H35N3O3S/c1-6-18(4,5)21-9-7-14(8-10-21)19-16(22)15(12-25)20-17(23)24-11-13(2)3/h13-15,25H,6-12H2,1-5H3,(H,19,22)(H,20,23)/t15-/m0/s1. The molecule has 1 rings (SSSR count). The van der Waals surface area contributed by atoms with Gasteiger partial charge in [0, 0.05) is 30.4 Å². The molecule has 0 saturated carbocycles. The Morgan fingerprint density at radius 1 is 1.28 bits per heavy atom. The number of nitrogens with one attached hydrogen (secondary N) is 2. The molecule has 2 amide bonds. The highest BCUT2D eigenvalue weighted by atomic mass is 32.1. The van der Waals surface area contributed by atoms with Crippen molar-refractivity contribution in [1.82, 2.24) is 15.5 Å². The fourth-order valence-corrected chi connectivity index (χ4v) is 3.03. The minimum atomic E-state index is -0.673. The zero-order valence-corrected chi connectivity index (χ0v) is 17.2. The molecule has 0 aliphatic carbocycles. The summed E-state index contributed by atoms with van der Waals surface area (Å²) in [4.78, 5) is 26.6. The van der Waals surface area contributed by atoms with Crippen LogP contribution in [-0.2, 0) is 9.53 Å². The van der Waals surface area contributed by atoms with E-state index in [0.717, 1.165) is 32.4 Å². The van der Waals surface area contributed by atoms with Gasteiger partial charge in [-0.2, -0.15) is 12.6 Å². The van der Waals surface area contributed by atoms with E-state index in [2.05, 4.69) is 48.9 Å². The second-order valence-electron chi connectivity index (χ2n) is 7.81. The number of hydrogen-bond donors (Lipinski definition) is 3. The van der Waals surface area contributed by atoms with Crippen LogP contribution in [0.3, 0.4) is 0 Å². The smallest absolute Gasteiger partial charge is 0.407 e. The third-order valence-electron chi connectivity index (χ3n) is 4.90. The highest BCUT2D eigenvalue weighted by Gasteiger charge is 2.30. The van der Waals surface area contributed by atoms with Gasteiger partial charge < -0.3 is 15.4 Å². The van der Waals surface area contributed by atoms with Crippen molar-refractivity contribution in [2.24, 2.45) is 5.92 Å². The summed E-state index contributed by atoms with van der Waals surface area (Å²) in [6.45, 7) is 12.9. The topological polar surface area (TPSA) is 70.7 Å². The van der Waals surface area contributed by atoms with Crippen molar-refractivity contribution < 1.29 is 14.3 Å². The molecule has 7 heteroatoms. The van der Waals surface area contributed by atoms with Crippen molar-refractivity contribution >= 4 is 24.6 Å². The van der Waals surface area contributed by atoms with Crippen molar-refractivity contribution in [3.63, 3.8) is 0 Å². The Kier molecular flexibility index (Phi) is 9.07. The Morgan fingerprint density at radius 2 is 1.88 bits per heavy atom. The van der Waals surface area contributed by atoms with Crippen molar-refractivity contribution in [3.05, 3.63) is 0 Å². The number of carbonyl (C=O) groups is 2. The van der Waals surface area contributed by atoms with Gasteiger partial charge in [-0.3, -0.25) is 9.69 Å². The predicted molar refractivity (Wildman–Crippen MR) is 104 cm³/mol. The van der Waals surface area contributed by atoms with Gasteiger partial charge in [0.25, 0.3) is 0 Å². The molecule has 0 aromatic heterocycles. The summed E-state index contributed by atoms with van der Waals surface area (Å²) in [5.41, 5.74) is 0.199. The van der Waals surface area contributed by atoms with Crippen LogP contribution >= 0.6 is 12.6 Å². The predicted octanol–water partition coefficient (Wildman–Crippen LogP) is 2.44. The first-order valence-corrected chi connectivity index (χ1v) is 9.92. The van der Waals surface area contributed by atoms with Crippen molar-refractivity contribution in [2.45, 2.75) is 71.5 Å². The largest absolute Gasteiger partial charge is 0.449 e. The third-order valence-corrected chi connectivity index (χ3v) is 5.27. The molecule has 0 bridgehead atoms. The molecule has 1 fully saturated rings. The van der Waals surface area contributed by atoms with Crippen LogP contribution in [0.15, 0.2) is 0 Å². The zero-order chi connectivity index (χ0) is 19.0. The summed E-state index contributed by atoms with van der Waals surface area (Å²) in [5.74, 6) is 0.306. The van der Waals surface area contributed by atoms with E-state index in [1.807, 2.05) is 13.8 Å². The Labute approximate surface area is 157 Å². The van der Waals surface area contributed by atoms with Gasteiger partial charge >= 0.3 is 6.09 Å². The minimum Gasteiger partial charge on any atom is -0.449 e. The first-order valence-electron chi connectivity index (χ1n) is 9.29. The van der Waals surface area contributed by atoms with Gasteiger partial charge in [-0.05, 0) is 39.0 Å². The Hall–Kier alpha value is -0.950. The van der Waals surface area contributed by atoms with Crippen molar-refractivity contribution in [3.8, 4) is 0 Å². The number of rotatable bonds is 8. The number of ether oxygens (including phenoxy) is 1. The van der Waals surface area contributed by atoms with E-state index in [1.165, 1.54) is 0 Å². The van der Waals surface area contributed by atoms with Crippen LogP contribution in [0.5, 0.6) is 0 Å². The van der Waals surface area contributed by atoms with Crippen molar-refractivity contribution in [1.29, 1.82) is 0 Å². The Bertz CT molecular complexity index is 435. The summed E-state index contributed by atoms with van der Waals surface area (Å²) >= 11 is 4.18. The number of alkyl carbamates (subject to hydrolysis) is 1. The molecular weight excluding hydrogens is 338 g/mol. The van der Waals surface area contributed by atoms with Gasteiger partial charge in [0.05, 0.1) is 6.61 Å². The van der Waals surface area contributed by atoms with Crippen LogP contribution in [0.4, 0.5) is 4.79 Å². The molecular formula is C18H35N3O3S. The van der Waals surface area contributed by atoms with E-state index in [1.54, 1.807) is 0 Å². The number of nitrogens with zero attached hydrogens (tertiary/aromatic N) is 1. The van der Waals surface area contributed by atoms with Crippen molar-refractivity contribution in [2.75, 3.05) is 25.4 Å². The third kappa shape index (κ3) is 7.44. The number of likely N-dealkylation sites (tertiary alicyclic amines) is 1. The van der Waals surface area contributed by atoms with E-state index >= 15 is 0 Å². The maximum absolute atomic E-state index is 12.4. The molecule has 6 nitrogen and oxygen atoms in total. The fourth-order valence-electron chi connectivity index (χ4n) is 2.77. The molecule has 146 valence electrons. The molecule has 0 spiro atoms. The second-order valence-corrected chi connectivity index (χ2v) is 8.17. The lowest BCUT2D eigenvalue weighted by atomic mass is 9.94. The van der Waals surface area contributed by atoms with E-state index in [4.69, 9.17) is 4.74 Å². The molecule has 0 unspecified atom stereocenters. The van der Waals surface area contributed by atoms with Crippen LogP contribution < -0.4 is 10.6 Å². The average molecular weight is 374 g/mol. The van der Waals surface area contributed by atoms with Crippen LogP contribution in [0, 0.1) is 5.92 Å². The maximum Gasteiger partial charge on any atom is 0.407 e. The number of piperidine rings is 1. The lowest BCUT2D eigenvalue weighted by Gasteiger charge is -2.42. The quantitative estimate of drug-likeness (QED) is 0.572.